The number of nitriles is 1. The molecule has 0 aliphatic heterocycles. The standard InChI is InChI=1S/C12H11N3/c1-12(2,8-13)10-5-9-3-4-14-7-11(9)15-6-10/h3-7H,1-2H3. The molecule has 0 unspecified atom stereocenters. The van der Waals surface area contributed by atoms with Crippen LogP contribution in [0.1, 0.15) is 19.4 Å². The Bertz CT molecular complexity index is 538. The molecule has 0 aliphatic rings. The first-order valence-corrected chi connectivity index (χ1v) is 4.75. The Balaban J connectivity index is 2.63. The second-order valence-electron chi connectivity index (χ2n) is 4.03. The monoisotopic (exact) mass is 197 g/mol. The van der Waals surface area contributed by atoms with Gasteiger partial charge < -0.3 is 0 Å². The normalized spacial score (nSPS) is 11.3. The summed E-state index contributed by atoms with van der Waals surface area (Å²) < 4.78 is 0. The van der Waals surface area contributed by atoms with E-state index < -0.39 is 5.41 Å². The SMILES string of the molecule is CC(C)(C#N)c1cnc2cnccc2c1. The summed E-state index contributed by atoms with van der Waals surface area (Å²) in [5, 5.41) is 10.0. The lowest BCUT2D eigenvalue weighted by atomic mass is 9.87. The predicted molar refractivity (Wildman–Crippen MR) is 58.2 cm³/mol. The van der Waals surface area contributed by atoms with Crippen molar-refractivity contribution in [2.75, 3.05) is 0 Å². The highest BCUT2D eigenvalue weighted by molar-refractivity contribution is 5.78. The number of rotatable bonds is 1. The molecule has 2 rings (SSSR count). The molecule has 0 atom stereocenters. The van der Waals surface area contributed by atoms with Crippen molar-refractivity contribution in [3.05, 3.63) is 36.3 Å². The van der Waals surface area contributed by atoms with Gasteiger partial charge in [-0.05, 0) is 31.5 Å². The highest BCUT2D eigenvalue weighted by Gasteiger charge is 2.20. The molecule has 0 saturated carbocycles. The first kappa shape index (κ1) is 9.60. The smallest absolute Gasteiger partial charge is 0.0885 e. The van der Waals surface area contributed by atoms with E-state index in [0.717, 1.165) is 16.5 Å². The maximum absolute atomic E-state index is 9.03. The van der Waals surface area contributed by atoms with Gasteiger partial charge in [0.15, 0.2) is 0 Å². The van der Waals surface area contributed by atoms with Gasteiger partial charge in [-0.15, -0.1) is 0 Å². The average Bonchev–Trinajstić information content (AvgIpc) is 2.28. The molecule has 0 bridgehead atoms. The molecule has 0 N–H and O–H groups in total. The Morgan fingerprint density at radius 1 is 1.33 bits per heavy atom. The van der Waals surface area contributed by atoms with Gasteiger partial charge in [-0.3, -0.25) is 9.97 Å². The Kier molecular flexibility index (Phi) is 2.12. The van der Waals surface area contributed by atoms with Crippen LogP contribution in [0.5, 0.6) is 0 Å². The molecule has 0 radical (unpaired) electrons. The lowest BCUT2D eigenvalue weighted by Gasteiger charge is -2.15. The van der Waals surface area contributed by atoms with E-state index in [1.807, 2.05) is 26.0 Å². The molecule has 0 amide bonds. The van der Waals surface area contributed by atoms with Gasteiger partial charge in [0.2, 0.25) is 0 Å². The zero-order valence-corrected chi connectivity index (χ0v) is 8.73. The second-order valence-corrected chi connectivity index (χ2v) is 4.03. The van der Waals surface area contributed by atoms with Crippen LogP contribution in [0, 0.1) is 11.3 Å². The van der Waals surface area contributed by atoms with Crippen molar-refractivity contribution in [1.82, 2.24) is 9.97 Å². The fraction of sp³-hybridized carbons (Fsp3) is 0.250. The number of nitrogens with zero attached hydrogens (tertiary/aromatic N) is 3. The molecule has 0 aliphatic carbocycles. The van der Waals surface area contributed by atoms with Crippen molar-refractivity contribution < 1.29 is 0 Å². The molecule has 2 aromatic rings. The molecule has 0 spiro atoms. The van der Waals surface area contributed by atoms with Crippen LogP contribution in [0.15, 0.2) is 30.7 Å². The number of aromatic nitrogens is 2. The van der Waals surface area contributed by atoms with E-state index in [1.165, 1.54) is 0 Å². The molecule has 74 valence electrons. The summed E-state index contributed by atoms with van der Waals surface area (Å²) in [7, 11) is 0. The maximum atomic E-state index is 9.03. The van der Waals surface area contributed by atoms with Crippen LogP contribution in [0.4, 0.5) is 0 Å². The van der Waals surface area contributed by atoms with Crippen molar-refractivity contribution in [3.8, 4) is 6.07 Å². The Morgan fingerprint density at radius 2 is 2.13 bits per heavy atom. The van der Waals surface area contributed by atoms with Crippen LogP contribution >= 0.6 is 0 Å². The Labute approximate surface area is 88.4 Å². The first-order chi connectivity index (χ1) is 7.13. The lowest BCUT2D eigenvalue weighted by Crippen LogP contribution is -2.13. The predicted octanol–water partition coefficient (Wildman–Crippen LogP) is 2.43. The lowest BCUT2D eigenvalue weighted by molar-refractivity contribution is 0.684. The molecular weight excluding hydrogens is 186 g/mol. The van der Waals surface area contributed by atoms with Gasteiger partial charge >= 0.3 is 0 Å². The summed E-state index contributed by atoms with van der Waals surface area (Å²) in [5.41, 5.74) is 1.29. The van der Waals surface area contributed by atoms with Gasteiger partial charge in [-0.25, -0.2) is 0 Å². The minimum Gasteiger partial charge on any atom is -0.262 e. The number of hydrogen-bond acceptors (Lipinski definition) is 3. The van der Waals surface area contributed by atoms with E-state index in [4.69, 9.17) is 5.26 Å². The maximum Gasteiger partial charge on any atom is 0.0885 e. The van der Waals surface area contributed by atoms with Crippen LogP contribution in [0.25, 0.3) is 10.9 Å². The van der Waals surface area contributed by atoms with E-state index >= 15 is 0 Å². The Hall–Kier alpha value is -1.95. The van der Waals surface area contributed by atoms with Gasteiger partial charge in [0.1, 0.15) is 0 Å². The second kappa shape index (κ2) is 3.32. The van der Waals surface area contributed by atoms with Gasteiger partial charge in [0.25, 0.3) is 0 Å². The zero-order chi connectivity index (χ0) is 10.9. The van der Waals surface area contributed by atoms with Crippen molar-refractivity contribution in [1.29, 1.82) is 5.26 Å². The summed E-state index contributed by atoms with van der Waals surface area (Å²) >= 11 is 0. The van der Waals surface area contributed by atoms with Crippen LogP contribution in [0.3, 0.4) is 0 Å². The van der Waals surface area contributed by atoms with Crippen molar-refractivity contribution in [2.24, 2.45) is 0 Å². The summed E-state index contributed by atoms with van der Waals surface area (Å²) in [6.07, 6.45) is 5.19. The van der Waals surface area contributed by atoms with Crippen LogP contribution < -0.4 is 0 Å². The third-order valence-corrected chi connectivity index (χ3v) is 2.49. The topological polar surface area (TPSA) is 49.6 Å². The summed E-state index contributed by atoms with van der Waals surface area (Å²) in [4.78, 5) is 8.28. The van der Waals surface area contributed by atoms with Gasteiger partial charge in [-0.1, -0.05) is 0 Å². The fourth-order valence-corrected chi connectivity index (χ4v) is 1.38. The molecule has 0 aromatic carbocycles. The van der Waals surface area contributed by atoms with E-state index in [9.17, 15) is 0 Å². The number of pyridine rings is 2. The molecule has 0 fully saturated rings. The quantitative estimate of drug-likeness (QED) is 0.705. The third-order valence-electron chi connectivity index (χ3n) is 2.49. The molecule has 0 saturated heterocycles. The molecule has 3 nitrogen and oxygen atoms in total. The first-order valence-electron chi connectivity index (χ1n) is 4.75. The molecular formula is C12H11N3. The van der Waals surface area contributed by atoms with Gasteiger partial charge in [0.05, 0.1) is 23.2 Å². The average molecular weight is 197 g/mol. The van der Waals surface area contributed by atoms with E-state index in [0.29, 0.717) is 0 Å². The van der Waals surface area contributed by atoms with Crippen LogP contribution in [-0.2, 0) is 5.41 Å². The largest absolute Gasteiger partial charge is 0.262 e. The Morgan fingerprint density at radius 3 is 2.87 bits per heavy atom. The van der Waals surface area contributed by atoms with E-state index in [2.05, 4.69) is 16.0 Å². The minimum atomic E-state index is -0.496. The minimum absolute atomic E-state index is 0.496. The summed E-state index contributed by atoms with van der Waals surface area (Å²) in [5.74, 6) is 0. The molecule has 2 heterocycles. The van der Waals surface area contributed by atoms with Crippen LogP contribution in [-0.4, -0.2) is 9.97 Å². The number of hydrogen-bond donors (Lipinski definition) is 0. The van der Waals surface area contributed by atoms with Gasteiger partial charge in [-0.2, -0.15) is 5.26 Å². The molecule has 3 heteroatoms. The molecule has 15 heavy (non-hydrogen) atoms. The molecule has 2 aromatic heterocycles. The van der Waals surface area contributed by atoms with Crippen LogP contribution in [0.2, 0.25) is 0 Å². The van der Waals surface area contributed by atoms with E-state index in [1.54, 1.807) is 18.6 Å². The zero-order valence-electron chi connectivity index (χ0n) is 8.73. The van der Waals surface area contributed by atoms with Crippen molar-refractivity contribution in [2.45, 2.75) is 19.3 Å². The van der Waals surface area contributed by atoms with Crippen molar-refractivity contribution in [3.63, 3.8) is 0 Å². The fourth-order valence-electron chi connectivity index (χ4n) is 1.38. The third kappa shape index (κ3) is 1.66. The summed E-state index contributed by atoms with van der Waals surface area (Å²) in [6, 6.07) is 6.16. The highest BCUT2D eigenvalue weighted by Crippen LogP contribution is 2.23. The van der Waals surface area contributed by atoms with Gasteiger partial charge in [0, 0.05) is 17.8 Å². The number of fused-ring (bicyclic) bond motifs is 1. The summed E-state index contributed by atoms with van der Waals surface area (Å²) in [6.45, 7) is 3.77. The highest BCUT2D eigenvalue weighted by atomic mass is 14.7. The van der Waals surface area contributed by atoms with Crippen molar-refractivity contribution >= 4 is 10.9 Å². The van der Waals surface area contributed by atoms with E-state index in [-0.39, 0.29) is 0 Å².